The maximum atomic E-state index is 10.8. The molecule has 1 aliphatic rings. The van der Waals surface area contributed by atoms with Crippen LogP contribution < -0.4 is 4.90 Å². The first kappa shape index (κ1) is 12.6. The zero-order valence-electron chi connectivity index (χ0n) is 10.7. The lowest BCUT2D eigenvalue weighted by Gasteiger charge is -2.29. The molecule has 1 fully saturated rings. The molecule has 0 aliphatic carbocycles. The molecule has 0 saturated carbocycles. The standard InChI is InChI=1S/C13H13N3O4/c17-13-11(16(18)19)2-1-9-10(3-4-14-12(9)13)15-5-7-20-8-6-15/h1-4,17H,5-8H2. The van der Waals surface area contributed by atoms with Crippen LogP contribution >= 0.6 is 0 Å². The lowest BCUT2D eigenvalue weighted by atomic mass is 10.1. The Kier molecular flexibility index (Phi) is 3.11. The van der Waals surface area contributed by atoms with Gasteiger partial charge in [0.25, 0.3) is 0 Å². The number of ether oxygens (including phenoxy) is 1. The molecule has 2 heterocycles. The molecular weight excluding hydrogens is 262 g/mol. The third-order valence-electron chi connectivity index (χ3n) is 3.39. The quantitative estimate of drug-likeness (QED) is 0.662. The molecule has 104 valence electrons. The van der Waals surface area contributed by atoms with Crippen molar-refractivity contribution in [1.82, 2.24) is 4.98 Å². The van der Waals surface area contributed by atoms with E-state index >= 15 is 0 Å². The summed E-state index contributed by atoms with van der Waals surface area (Å²) < 4.78 is 5.31. The summed E-state index contributed by atoms with van der Waals surface area (Å²) >= 11 is 0. The number of phenols is 1. The van der Waals surface area contributed by atoms with Gasteiger partial charge in [0.15, 0.2) is 0 Å². The molecular formula is C13H13N3O4. The fourth-order valence-electron chi connectivity index (χ4n) is 2.41. The molecule has 7 nitrogen and oxygen atoms in total. The van der Waals surface area contributed by atoms with Crippen LogP contribution in [0.3, 0.4) is 0 Å². The van der Waals surface area contributed by atoms with E-state index in [1.54, 1.807) is 12.3 Å². The minimum Gasteiger partial charge on any atom is -0.501 e. The molecule has 2 aromatic rings. The van der Waals surface area contributed by atoms with Gasteiger partial charge in [-0.05, 0) is 12.1 Å². The van der Waals surface area contributed by atoms with E-state index in [-0.39, 0.29) is 17.0 Å². The molecule has 0 unspecified atom stereocenters. The molecule has 0 spiro atoms. The average Bonchev–Trinajstić information content (AvgIpc) is 2.48. The molecule has 0 bridgehead atoms. The highest BCUT2D eigenvalue weighted by Crippen LogP contribution is 2.36. The van der Waals surface area contributed by atoms with Crippen LogP contribution in [0.15, 0.2) is 24.4 Å². The number of nitro benzene ring substituents is 1. The number of rotatable bonds is 2. The second-order valence-corrected chi connectivity index (χ2v) is 4.52. The third kappa shape index (κ3) is 2.01. The van der Waals surface area contributed by atoms with Gasteiger partial charge in [-0.1, -0.05) is 0 Å². The van der Waals surface area contributed by atoms with E-state index < -0.39 is 4.92 Å². The number of aromatic hydroxyl groups is 1. The third-order valence-corrected chi connectivity index (χ3v) is 3.39. The van der Waals surface area contributed by atoms with Crippen molar-refractivity contribution in [2.24, 2.45) is 0 Å². The zero-order valence-corrected chi connectivity index (χ0v) is 10.7. The van der Waals surface area contributed by atoms with Gasteiger partial charge in [-0.15, -0.1) is 0 Å². The van der Waals surface area contributed by atoms with Gasteiger partial charge in [-0.25, -0.2) is 0 Å². The topological polar surface area (TPSA) is 88.7 Å². The minimum atomic E-state index is -0.613. The first-order valence-electron chi connectivity index (χ1n) is 6.26. The van der Waals surface area contributed by atoms with Crippen LogP contribution in [0.5, 0.6) is 5.75 Å². The van der Waals surface area contributed by atoms with Gasteiger partial charge in [-0.2, -0.15) is 0 Å². The number of benzene rings is 1. The van der Waals surface area contributed by atoms with E-state index in [2.05, 4.69) is 9.88 Å². The average molecular weight is 275 g/mol. The molecule has 3 rings (SSSR count). The second-order valence-electron chi connectivity index (χ2n) is 4.52. The number of hydrogen-bond acceptors (Lipinski definition) is 6. The monoisotopic (exact) mass is 275 g/mol. The Labute approximate surface area is 114 Å². The first-order valence-corrected chi connectivity index (χ1v) is 6.26. The number of fused-ring (bicyclic) bond motifs is 1. The lowest BCUT2D eigenvalue weighted by Crippen LogP contribution is -2.36. The Morgan fingerprint density at radius 1 is 1.30 bits per heavy atom. The number of anilines is 1. The molecule has 0 atom stereocenters. The van der Waals surface area contributed by atoms with Gasteiger partial charge >= 0.3 is 5.69 Å². The van der Waals surface area contributed by atoms with Crippen LogP contribution in [0.4, 0.5) is 11.4 Å². The van der Waals surface area contributed by atoms with Gasteiger partial charge in [-0.3, -0.25) is 15.1 Å². The summed E-state index contributed by atoms with van der Waals surface area (Å²) in [6, 6.07) is 4.78. The number of pyridine rings is 1. The highest BCUT2D eigenvalue weighted by atomic mass is 16.6. The van der Waals surface area contributed by atoms with Crippen LogP contribution in [0.2, 0.25) is 0 Å². The molecule has 0 radical (unpaired) electrons. The summed E-state index contributed by atoms with van der Waals surface area (Å²) in [5.41, 5.74) is 0.829. The summed E-state index contributed by atoms with van der Waals surface area (Å²) in [6.07, 6.45) is 1.55. The second kappa shape index (κ2) is 4.93. The van der Waals surface area contributed by atoms with E-state index in [1.165, 1.54) is 6.07 Å². The van der Waals surface area contributed by atoms with Crippen molar-refractivity contribution in [3.63, 3.8) is 0 Å². The predicted molar refractivity (Wildman–Crippen MR) is 73.1 cm³/mol. The lowest BCUT2D eigenvalue weighted by molar-refractivity contribution is -0.385. The van der Waals surface area contributed by atoms with Gasteiger partial charge in [0, 0.05) is 36.4 Å². The SMILES string of the molecule is O=[N+]([O-])c1ccc2c(N3CCOCC3)ccnc2c1O. The summed E-state index contributed by atoms with van der Waals surface area (Å²) in [7, 11) is 0. The molecule has 1 saturated heterocycles. The van der Waals surface area contributed by atoms with Crippen LogP contribution in [0.1, 0.15) is 0 Å². The number of nitro groups is 1. The maximum absolute atomic E-state index is 10.8. The smallest absolute Gasteiger partial charge is 0.313 e. The number of hydrogen-bond donors (Lipinski definition) is 1. The highest BCUT2D eigenvalue weighted by molar-refractivity contribution is 5.97. The fraction of sp³-hybridized carbons (Fsp3) is 0.308. The Morgan fingerprint density at radius 3 is 2.75 bits per heavy atom. The highest BCUT2D eigenvalue weighted by Gasteiger charge is 2.20. The van der Waals surface area contributed by atoms with Gasteiger partial charge in [0.2, 0.25) is 5.75 Å². The molecule has 7 heteroatoms. The van der Waals surface area contributed by atoms with Crippen molar-refractivity contribution < 1.29 is 14.8 Å². The summed E-state index contributed by atoms with van der Waals surface area (Å²) in [5.74, 6) is -0.386. The van der Waals surface area contributed by atoms with Crippen molar-refractivity contribution in [3.05, 3.63) is 34.5 Å². The largest absolute Gasteiger partial charge is 0.501 e. The summed E-state index contributed by atoms with van der Waals surface area (Å²) in [5, 5.41) is 21.5. The van der Waals surface area contributed by atoms with Gasteiger partial charge < -0.3 is 14.7 Å². The normalized spacial score (nSPS) is 15.5. The van der Waals surface area contributed by atoms with E-state index in [9.17, 15) is 15.2 Å². The van der Waals surface area contributed by atoms with Crippen molar-refractivity contribution >= 4 is 22.3 Å². The number of phenolic OH excluding ortho intramolecular Hbond substituents is 1. The Hall–Kier alpha value is -2.41. The minimum absolute atomic E-state index is 0.253. The van der Waals surface area contributed by atoms with Crippen molar-refractivity contribution in [2.75, 3.05) is 31.2 Å². The summed E-state index contributed by atoms with van der Waals surface area (Å²) in [4.78, 5) is 16.4. The molecule has 0 amide bonds. The maximum Gasteiger partial charge on any atom is 0.313 e. The van der Waals surface area contributed by atoms with Gasteiger partial charge in [0.05, 0.1) is 18.1 Å². The van der Waals surface area contributed by atoms with E-state index in [1.807, 2.05) is 6.07 Å². The number of aromatic nitrogens is 1. The fourth-order valence-corrected chi connectivity index (χ4v) is 2.41. The van der Waals surface area contributed by atoms with Gasteiger partial charge in [0.1, 0.15) is 5.52 Å². The van der Waals surface area contributed by atoms with Crippen molar-refractivity contribution in [2.45, 2.75) is 0 Å². The molecule has 1 N–H and O–H groups in total. The van der Waals surface area contributed by atoms with Crippen molar-refractivity contribution in [3.8, 4) is 5.75 Å². The Morgan fingerprint density at radius 2 is 2.05 bits per heavy atom. The molecule has 1 aliphatic heterocycles. The number of nitrogens with zero attached hydrogens (tertiary/aromatic N) is 3. The van der Waals surface area contributed by atoms with Crippen LogP contribution in [0, 0.1) is 10.1 Å². The molecule has 1 aromatic heterocycles. The molecule has 20 heavy (non-hydrogen) atoms. The van der Waals surface area contributed by atoms with E-state index in [4.69, 9.17) is 4.74 Å². The van der Waals surface area contributed by atoms with Crippen LogP contribution in [0.25, 0.3) is 10.9 Å². The molecule has 1 aromatic carbocycles. The zero-order chi connectivity index (χ0) is 14.1. The van der Waals surface area contributed by atoms with E-state index in [0.29, 0.717) is 18.6 Å². The predicted octanol–water partition coefficient (Wildman–Crippen LogP) is 1.69. The number of morpholine rings is 1. The van der Waals surface area contributed by atoms with Crippen molar-refractivity contribution in [1.29, 1.82) is 0 Å². The first-order chi connectivity index (χ1) is 9.68. The van der Waals surface area contributed by atoms with Crippen LogP contribution in [-0.2, 0) is 4.74 Å². The van der Waals surface area contributed by atoms with Crippen LogP contribution in [-0.4, -0.2) is 41.3 Å². The summed E-state index contributed by atoms with van der Waals surface area (Å²) in [6.45, 7) is 2.78. The Bertz CT molecular complexity index is 668. The Balaban J connectivity index is 2.15. The van der Waals surface area contributed by atoms with E-state index in [0.717, 1.165) is 18.8 Å².